The van der Waals surface area contributed by atoms with Crippen molar-refractivity contribution in [3.63, 3.8) is 0 Å². The predicted octanol–water partition coefficient (Wildman–Crippen LogP) is 7.34. The highest BCUT2D eigenvalue weighted by Crippen LogP contribution is 2.57. The first-order chi connectivity index (χ1) is 18.1. The van der Waals surface area contributed by atoms with Crippen LogP contribution in [0.1, 0.15) is 32.6 Å². The number of esters is 1. The molecule has 184 valence electrons. The number of carbonyl (C=O) groups excluding carboxylic acids is 2. The van der Waals surface area contributed by atoms with Crippen LogP contribution in [0.3, 0.4) is 0 Å². The van der Waals surface area contributed by atoms with E-state index in [1.807, 2.05) is 60.7 Å². The lowest BCUT2D eigenvalue weighted by atomic mass is 9.77. The van der Waals surface area contributed by atoms with Crippen molar-refractivity contribution in [3.05, 3.63) is 119 Å². The molecular weight excluding hydrogens is 508 g/mol. The van der Waals surface area contributed by atoms with Gasteiger partial charge in [0.05, 0.1) is 12.7 Å². The summed E-state index contributed by atoms with van der Waals surface area (Å²) in [5, 5.41) is -0.439. The zero-order chi connectivity index (χ0) is 25.4. The highest BCUT2D eigenvalue weighted by atomic mass is 33.1. The number of hydrogen-bond donors (Lipinski definition) is 0. The van der Waals surface area contributed by atoms with E-state index in [4.69, 9.17) is 18.9 Å². The minimum atomic E-state index is -1.19. The van der Waals surface area contributed by atoms with E-state index in [0.717, 1.165) is 21.9 Å². The fraction of sp³-hybridized carbons (Fsp3) is 0.103. The van der Waals surface area contributed by atoms with Crippen LogP contribution in [0.5, 0.6) is 23.0 Å². The minimum Gasteiger partial charge on any atom is -0.497 e. The second-order valence-electron chi connectivity index (χ2n) is 8.42. The van der Waals surface area contributed by atoms with Crippen LogP contribution >= 0.6 is 21.6 Å². The van der Waals surface area contributed by atoms with Gasteiger partial charge in [0.2, 0.25) is 0 Å². The molecule has 6 nitrogen and oxygen atoms in total. The Balaban J connectivity index is 1.32. The Labute approximate surface area is 221 Å². The zero-order valence-corrected chi connectivity index (χ0v) is 21.3. The summed E-state index contributed by atoms with van der Waals surface area (Å²) in [4.78, 5) is 25.4. The van der Waals surface area contributed by atoms with Crippen molar-refractivity contribution in [1.29, 1.82) is 0 Å². The third-order valence-corrected chi connectivity index (χ3v) is 8.19. The second kappa shape index (κ2) is 9.53. The van der Waals surface area contributed by atoms with Crippen molar-refractivity contribution in [2.45, 2.75) is 11.4 Å². The van der Waals surface area contributed by atoms with E-state index < -0.39 is 16.9 Å². The Kier molecular flexibility index (Phi) is 6.06. The molecule has 6 rings (SSSR count). The lowest BCUT2D eigenvalue weighted by Crippen LogP contribution is -2.33. The molecule has 8 heteroatoms. The Hall–Kier alpha value is -3.88. The summed E-state index contributed by atoms with van der Waals surface area (Å²) >= 11 is 0. The lowest BCUT2D eigenvalue weighted by molar-refractivity contribution is 0.0224. The molecule has 0 fully saturated rings. The van der Waals surface area contributed by atoms with Gasteiger partial charge in [0.15, 0.2) is 5.60 Å². The molecule has 1 unspecified atom stereocenters. The SMILES string of the molecule is COc1ccc2c(c1)Oc1cc(OC(=O)SSCc3ccccc3)ccc1C21OC(=O)c2ccccc21. The van der Waals surface area contributed by atoms with Gasteiger partial charge in [0.1, 0.15) is 23.0 Å². The van der Waals surface area contributed by atoms with Gasteiger partial charge in [-0.25, -0.2) is 9.59 Å². The fourth-order valence-electron chi connectivity index (χ4n) is 4.66. The van der Waals surface area contributed by atoms with Gasteiger partial charge in [0.25, 0.3) is 0 Å². The third-order valence-electron chi connectivity index (χ3n) is 6.29. The van der Waals surface area contributed by atoms with Crippen molar-refractivity contribution >= 4 is 32.9 Å². The second-order valence-corrected chi connectivity index (χ2v) is 10.7. The molecule has 0 bridgehead atoms. The molecular formula is C29H20O6S2. The quantitative estimate of drug-likeness (QED) is 0.197. The van der Waals surface area contributed by atoms with Crippen molar-refractivity contribution in [1.82, 2.24) is 0 Å². The molecule has 4 aromatic carbocycles. The number of benzene rings is 4. The molecule has 2 heterocycles. The Bertz CT molecular complexity index is 1520. The molecule has 0 N–H and O–H groups in total. The summed E-state index contributed by atoms with van der Waals surface area (Å²) in [5.74, 6) is 2.12. The fourth-order valence-corrected chi connectivity index (χ4v) is 6.25. The molecule has 0 saturated heterocycles. The highest BCUT2D eigenvalue weighted by Gasteiger charge is 2.53. The van der Waals surface area contributed by atoms with E-state index in [-0.39, 0.29) is 0 Å². The third kappa shape index (κ3) is 4.12. The topological polar surface area (TPSA) is 71.1 Å². The molecule has 2 aliphatic heterocycles. The predicted molar refractivity (Wildman–Crippen MR) is 143 cm³/mol. The Morgan fingerprint density at radius 3 is 2.27 bits per heavy atom. The Morgan fingerprint density at radius 2 is 1.51 bits per heavy atom. The van der Waals surface area contributed by atoms with Crippen LogP contribution in [0.15, 0.2) is 91.0 Å². The Morgan fingerprint density at radius 1 is 0.838 bits per heavy atom. The molecule has 0 aliphatic carbocycles. The van der Waals surface area contributed by atoms with Crippen LogP contribution in [-0.4, -0.2) is 18.4 Å². The minimum absolute atomic E-state index is 0.329. The summed E-state index contributed by atoms with van der Waals surface area (Å²) in [6.07, 6.45) is 0. The van der Waals surface area contributed by atoms with Crippen LogP contribution < -0.4 is 14.2 Å². The summed E-state index contributed by atoms with van der Waals surface area (Å²) < 4.78 is 23.3. The van der Waals surface area contributed by atoms with Gasteiger partial charge in [-0.1, -0.05) is 59.3 Å². The van der Waals surface area contributed by atoms with E-state index in [1.165, 1.54) is 10.8 Å². The molecule has 37 heavy (non-hydrogen) atoms. The number of fused-ring (bicyclic) bond motifs is 6. The van der Waals surface area contributed by atoms with Gasteiger partial charge in [-0.05, 0) is 35.9 Å². The highest BCUT2D eigenvalue weighted by molar-refractivity contribution is 8.81. The monoisotopic (exact) mass is 528 g/mol. The van der Waals surface area contributed by atoms with Crippen LogP contribution in [0.4, 0.5) is 4.79 Å². The lowest BCUT2D eigenvalue weighted by Gasteiger charge is -2.36. The van der Waals surface area contributed by atoms with Gasteiger partial charge in [-0.15, -0.1) is 0 Å². The largest absolute Gasteiger partial charge is 0.497 e. The van der Waals surface area contributed by atoms with Gasteiger partial charge in [0, 0.05) is 45.4 Å². The standard InChI is InChI=1S/C29H20O6S2/c1-32-19-11-13-23-25(15-19)34-26-16-20(33-28(31)37-36-17-18-7-3-2-4-8-18)12-14-24(26)29(23)22-10-6-5-9-21(22)27(30)35-29/h2-16H,17H2,1H3. The summed E-state index contributed by atoms with van der Waals surface area (Å²) in [6.45, 7) is 0. The maximum Gasteiger partial charge on any atom is 0.383 e. The number of carbonyl (C=O) groups is 2. The molecule has 2 aliphatic rings. The van der Waals surface area contributed by atoms with Crippen LogP contribution in [-0.2, 0) is 16.1 Å². The van der Waals surface area contributed by atoms with Crippen molar-refractivity contribution in [3.8, 4) is 23.0 Å². The normalized spacial score (nSPS) is 16.7. The summed E-state index contributed by atoms with van der Waals surface area (Å²) in [6, 6.07) is 27.8. The number of methoxy groups -OCH3 is 1. The average molecular weight is 529 g/mol. The molecule has 0 amide bonds. The average Bonchev–Trinajstić information content (AvgIpc) is 3.21. The maximum atomic E-state index is 12.9. The molecule has 0 saturated carbocycles. The van der Waals surface area contributed by atoms with E-state index in [2.05, 4.69) is 0 Å². The number of ether oxygens (including phenoxy) is 4. The molecule has 4 aromatic rings. The van der Waals surface area contributed by atoms with Crippen molar-refractivity contribution in [2.75, 3.05) is 7.11 Å². The number of hydrogen-bond acceptors (Lipinski definition) is 8. The van der Waals surface area contributed by atoms with Gasteiger partial charge < -0.3 is 18.9 Å². The van der Waals surface area contributed by atoms with E-state index >= 15 is 0 Å². The zero-order valence-electron chi connectivity index (χ0n) is 19.6. The van der Waals surface area contributed by atoms with Gasteiger partial charge in [-0.2, -0.15) is 0 Å². The van der Waals surface area contributed by atoms with Crippen LogP contribution in [0.25, 0.3) is 0 Å². The molecule has 1 atom stereocenters. The molecule has 0 aromatic heterocycles. The van der Waals surface area contributed by atoms with Gasteiger partial charge >= 0.3 is 11.3 Å². The first kappa shape index (κ1) is 23.5. The number of rotatable bonds is 5. The summed E-state index contributed by atoms with van der Waals surface area (Å²) in [7, 11) is 4.01. The van der Waals surface area contributed by atoms with Crippen molar-refractivity contribution < 1.29 is 28.5 Å². The van der Waals surface area contributed by atoms with Crippen molar-refractivity contribution in [2.24, 2.45) is 0 Å². The maximum absolute atomic E-state index is 12.9. The molecule has 1 spiro atoms. The summed E-state index contributed by atoms with van der Waals surface area (Å²) in [5.41, 5.74) is 2.51. The van der Waals surface area contributed by atoms with Crippen LogP contribution in [0.2, 0.25) is 0 Å². The smallest absolute Gasteiger partial charge is 0.383 e. The van der Waals surface area contributed by atoms with E-state index in [1.54, 1.807) is 37.4 Å². The first-order valence-electron chi connectivity index (χ1n) is 11.5. The van der Waals surface area contributed by atoms with E-state index in [9.17, 15) is 9.59 Å². The van der Waals surface area contributed by atoms with Crippen LogP contribution in [0, 0.1) is 0 Å². The first-order valence-corrected chi connectivity index (χ1v) is 13.8. The van der Waals surface area contributed by atoms with E-state index in [0.29, 0.717) is 45.4 Å². The van der Waals surface area contributed by atoms with Gasteiger partial charge in [-0.3, -0.25) is 0 Å². The molecule has 0 radical (unpaired) electrons.